The number of carbonyl (C=O) groups is 2. The largest absolute Gasteiger partial charge is 0.487 e. The molecule has 5 nitrogen and oxygen atoms in total. The van der Waals surface area contributed by atoms with Gasteiger partial charge in [0, 0.05) is 23.6 Å². The number of carboxylic acids is 1. The van der Waals surface area contributed by atoms with Crippen molar-refractivity contribution in [1.29, 1.82) is 0 Å². The molecule has 0 radical (unpaired) electrons. The molecule has 3 aromatic rings. The Labute approximate surface area is 224 Å². The predicted octanol–water partition coefficient (Wildman–Crippen LogP) is 6.59. The summed E-state index contributed by atoms with van der Waals surface area (Å²) in [6.07, 6.45) is 3.48. The first-order valence-corrected chi connectivity index (χ1v) is 13.1. The molecule has 1 amide bonds. The quantitative estimate of drug-likeness (QED) is 0.346. The smallest absolute Gasteiger partial charge is 0.323 e. The predicted molar refractivity (Wildman–Crippen MR) is 146 cm³/mol. The molecule has 1 aliphatic rings. The average Bonchev–Trinajstić information content (AvgIpc) is 2.85. The summed E-state index contributed by atoms with van der Waals surface area (Å²) < 4.78 is 6.45. The van der Waals surface area contributed by atoms with Crippen LogP contribution in [0.5, 0.6) is 5.75 Å². The van der Waals surface area contributed by atoms with Gasteiger partial charge in [0.25, 0.3) is 5.91 Å². The van der Waals surface area contributed by atoms with Crippen LogP contribution in [0.2, 0.25) is 5.02 Å². The number of nitrogens with zero attached hydrogens (tertiary/aromatic N) is 1. The highest BCUT2D eigenvalue weighted by Gasteiger charge is 2.32. The molecule has 0 saturated heterocycles. The monoisotopic (exact) mass is 519 g/mol. The van der Waals surface area contributed by atoms with Gasteiger partial charge in [-0.2, -0.15) is 0 Å². The number of benzene rings is 3. The molecule has 0 spiro atoms. The molecule has 0 aliphatic carbocycles. The minimum Gasteiger partial charge on any atom is -0.487 e. The molecule has 1 atom stereocenters. The fourth-order valence-electron chi connectivity index (χ4n) is 4.92. The van der Waals surface area contributed by atoms with Crippen LogP contribution in [0.1, 0.15) is 59.8 Å². The number of ether oxygens (including phenoxy) is 1. The molecule has 0 bridgehead atoms. The van der Waals surface area contributed by atoms with Gasteiger partial charge in [0.1, 0.15) is 17.9 Å². The van der Waals surface area contributed by atoms with Gasteiger partial charge in [0.05, 0.1) is 0 Å². The van der Waals surface area contributed by atoms with Gasteiger partial charge in [-0.05, 0) is 78.6 Å². The van der Waals surface area contributed by atoms with Crippen molar-refractivity contribution in [1.82, 2.24) is 4.90 Å². The third-order valence-corrected chi connectivity index (χ3v) is 7.13. The molecule has 0 saturated carbocycles. The second kappa shape index (κ2) is 11.4. The summed E-state index contributed by atoms with van der Waals surface area (Å²) in [5, 5.41) is 9.90. The van der Waals surface area contributed by atoms with Crippen molar-refractivity contribution in [3.63, 3.8) is 0 Å². The first-order chi connectivity index (χ1) is 17.6. The molecular weight excluding hydrogens is 486 g/mol. The van der Waals surface area contributed by atoms with Crippen LogP contribution in [0.25, 0.3) is 0 Å². The zero-order chi connectivity index (χ0) is 26.6. The van der Waals surface area contributed by atoms with Crippen molar-refractivity contribution in [3.05, 3.63) is 99.6 Å². The molecule has 0 unspecified atom stereocenters. The molecule has 194 valence electrons. The third kappa shape index (κ3) is 6.92. The Morgan fingerprint density at radius 3 is 2.43 bits per heavy atom. The number of hydrogen-bond donors (Lipinski definition) is 1. The number of halogens is 1. The summed E-state index contributed by atoms with van der Waals surface area (Å²) in [7, 11) is 0. The Kier molecular flexibility index (Phi) is 8.23. The van der Waals surface area contributed by atoms with Crippen LogP contribution in [-0.4, -0.2) is 34.0 Å². The standard InChI is InChI=1S/C31H34ClNO4/c1-21(2)16-22-8-10-23(11-9-22)18-31(3)15-14-24-17-25(12-13-28(24)37-31)30(36)33(20-29(34)35)19-26-6-4-5-7-27(26)32/h4-13,17,21H,14-16,18-20H2,1-3H3,(H,34,35)/t31-/m0/s1. The molecule has 37 heavy (non-hydrogen) atoms. The highest BCUT2D eigenvalue weighted by atomic mass is 35.5. The summed E-state index contributed by atoms with van der Waals surface area (Å²) in [5.41, 5.74) is 4.37. The topological polar surface area (TPSA) is 66.8 Å². The van der Waals surface area contributed by atoms with E-state index in [1.54, 1.807) is 24.3 Å². The van der Waals surface area contributed by atoms with E-state index in [0.717, 1.165) is 37.0 Å². The number of hydrogen-bond acceptors (Lipinski definition) is 3. The molecule has 1 N–H and O–H groups in total. The Morgan fingerprint density at radius 1 is 1.05 bits per heavy atom. The number of carboxylic acid groups (broad SMARTS) is 1. The SMILES string of the molecule is CC(C)Cc1ccc(C[C@]2(C)CCc3cc(C(=O)N(CC(=O)O)Cc4ccccc4Cl)ccc3O2)cc1. The van der Waals surface area contributed by atoms with Crippen molar-refractivity contribution >= 4 is 23.5 Å². The summed E-state index contributed by atoms with van der Waals surface area (Å²) in [6, 6.07) is 21.3. The van der Waals surface area contributed by atoms with Crippen LogP contribution >= 0.6 is 11.6 Å². The third-order valence-electron chi connectivity index (χ3n) is 6.76. The maximum atomic E-state index is 13.3. The van der Waals surface area contributed by atoms with Crippen molar-refractivity contribution in [2.75, 3.05) is 6.54 Å². The Bertz CT molecular complexity index is 1270. The Balaban J connectivity index is 1.48. The second-order valence-corrected chi connectivity index (χ2v) is 11.0. The number of aryl methyl sites for hydroxylation is 1. The van der Waals surface area contributed by atoms with Crippen LogP contribution in [0, 0.1) is 5.92 Å². The number of carbonyl (C=O) groups excluding carboxylic acids is 1. The van der Waals surface area contributed by atoms with E-state index in [9.17, 15) is 14.7 Å². The molecule has 4 rings (SSSR count). The molecule has 3 aromatic carbocycles. The van der Waals surface area contributed by atoms with Crippen molar-refractivity contribution in [2.24, 2.45) is 5.92 Å². The van der Waals surface area contributed by atoms with Gasteiger partial charge in [0.2, 0.25) is 0 Å². The zero-order valence-corrected chi connectivity index (χ0v) is 22.4. The van der Waals surface area contributed by atoms with Crippen LogP contribution in [0.3, 0.4) is 0 Å². The van der Waals surface area contributed by atoms with Crippen molar-refractivity contribution < 1.29 is 19.4 Å². The maximum absolute atomic E-state index is 13.3. The Hall–Kier alpha value is -3.31. The van der Waals surface area contributed by atoms with Gasteiger partial charge in [-0.3, -0.25) is 9.59 Å². The van der Waals surface area contributed by atoms with E-state index < -0.39 is 12.5 Å². The second-order valence-electron chi connectivity index (χ2n) is 10.6. The fourth-order valence-corrected chi connectivity index (χ4v) is 5.12. The van der Waals surface area contributed by atoms with Crippen molar-refractivity contribution in [2.45, 2.75) is 58.6 Å². The van der Waals surface area contributed by atoms with E-state index in [-0.39, 0.29) is 18.1 Å². The van der Waals surface area contributed by atoms with Crippen LogP contribution in [0.15, 0.2) is 66.7 Å². The summed E-state index contributed by atoms with van der Waals surface area (Å²) in [4.78, 5) is 26.1. The van der Waals surface area contributed by atoms with Crippen LogP contribution < -0.4 is 4.74 Å². The maximum Gasteiger partial charge on any atom is 0.323 e. The van der Waals surface area contributed by atoms with E-state index >= 15 is 0 Å². The van der Waals surface area contributed by atoms with Gasteiger partial charge >= 0.3 is 5.97 Å². The number of aliphatic carboxylic acids is 1. The lowest BCUT2D eigenvalue weighted by Crippen LogP contribution is -2.39. The minimum atomic E-state index is -1.07. The lowest BCUT2D eigenvalue weighted by Gasteiger charge is -2.36. The highest BCUT2D eigenvalue weighted by Crippen LogP contribution is 2.36. The first-order valence-electron chi connectivity index (χ1n) is 12.8. The normalized spacial score (nSPS) is 16.7. The van der Waals surface area contributed by atoms with Gasteiger partial charge in [-0.1, -0.05) is 67.9 Å². The Morgan fingerprint density at radius 2 is 1.76 bits per heavy atom. The van der Waals surface area contributed by atoms with Gasteiger partial charge in [-0.25, -0.2) is 0 Å². The zero-order valence-electron chi connectivity index (χ0n) is 21.7. The molecule has 0 fully saturated rings. The fraction of sp³-hybridized carbons (Fsp3) is 0.355. The average molecular weight is 520 g/mol. The number of fused-ring (bicyclic) bond motifs is 1. The molecular formula is C31H34ClNO4. The van der Waals surface area contributed by atoms with E-state index in [0.29, 0.717) is 22.1 Å². The first kappa shape index (κ1) is 26.7. The van der Waals surface area contributed by atoms with Gasteiger partial charge in [-0.15, -0.1) is 0 Å². The van der Waals surface area contributed by atoms with Crippen LogP contribution in [0.4, 0.5) is 0 Å². The van der Waals surface area contributed by atoms with E-state index in [2.05, 4.69) is 45.0 Å². The molecule has 0 aromatic heterocycles. The molecule has 1 heterocycles. The summed E-state index contributed by atoms with van der Waals surface area (Å²) in [5.74, 6) is -0.0158. The minimum absolute atomic E-state index is 0.117. The lowest BCUT2D eigenvalue weighted by atomic mass is 9.86. The highest BCUT2D eigenvalue weighted by molar-refractivity contribution is 6.31. The summed E-state index contributed by atoms with van der Waals surface area (Å²) >= 11 is 6.26. The number of amides is 1. The van der Waals surface area contributed by atoms with Gasteiger partial charge < -0.3 is 14.7 Å². The van der Waals surface area contributed by atoms with Crippen molar-refractivity contribution in [3.8, 4) is 5.75 Å². The van der Waals surface area contributed by atoms with Gasteiger partial charge in [0.15, 0.2) is 0 Å². The van der Waals surface area contributed by atoms with E-state index in [4.69, 9.17) is 16.3 Å². The van der Waals surface area contributed by atoms with E-state index in [1.807, 2.05) is 18.2 Å². The van der Waals surface area contributed by atoms with E-state index in [1.165, 1.54) is 16.0 Å². The molecule has 1 aliphatic heterocycles. The molecule has 6 heteroatoms. The van der Waals surface area contributed by atoms with Crippen LogP contribution in [-0.2, 0) is 30.6 Å². The summed E-state index contributed by atoms with van der Waals surface area (Å²) in [6.45, 7) is 6.29. The lowest BCUT2D eigenvalue weighted by molar-refractivity contribution is -0.137. The number of rotatable bonds is 9.